The molecule has 0 aromatic heterocycles. The van der Waals surface area contributed by atoms with Crippen LogP contribution in [0.25, 0.3) is 0 Å². The van der Waals surface area contributed by atoms with Crippen molar-refractivity contribution in [1.82, 2.24) is 10.2 Å². The van der Waals surface area contributed by atoms with Crippen molar-refractivity contribution >= 4 is 17.7 Å². The van der Waals surface area contributed by atoms with Crippen LogP contribution in [0, 0.1) is 6.92 Å². The topological polar surface area (TPSA) is 32.3 Å². The predicted octanol–water partition coefficient (Wildman–Crippen LogP) is 3.35. The van der Waals surface area contributed by atoms with Crippen LogP contribution in [0.3, 0.4) is 0 Å². The summed E-state index contributed by atoms with van der Waals surface area (Å²) in [6, 6.07) is 8.67. The Morgan fingerprint density at radius 1 is 1.43 bits per heavy atom. The van der Waals surface area contributed by atoms with E-state index in [1.165, 1.54) is 11.1 Å². The molecule has 1 fully saturated rings. The summed E-state index contributed by atoms with van der Waals surface area (Å²) in [5.74, 6) is 1.22. The van der Waals surface area contributed by atoms with Gasteiger partial charge in [-0.05, 0) is 32.1 Å². The summed E-state index contributed by atoms with van der Waals surface area (Å²) in [6.07, 6.45) is 4.03. The Hall–Kier alpha value is -1.00. The second-order valence-corrected chi connectivity index (χ2v) is 6.79. The molecule has 0 aliphatic carbocycles. The molecule has 0 bridgehead atoms. The van der Waals surface area contributed by atoms with Gasteiger partial charge in [-0.1, -0.05) is 43.2 Å². The van der Waals surface area contributed by atoms with Crippen molar-refractivity contribution in [2.45, 2.75) is 51.9 Å². The molecule has 1 aromatic carbocycles. The Bertz CT molecular complexity index is 491. The number of carbonyl (C=O) groups excluding carboxylic acids is 1. The van der Waals surface area contributed by atoms with Gasteiger partial charge in [0.1, 0.15) is 6.17 Å². The maximum atomic E-state index is 12.7. The van der Waals surface area contributed by atoms with Gasteiger partial charge in [-0.25, -0.2) is 0 Å². The van der Waals surface area contributed by atoms with Crippen molar-refractivity contribution < 1.29 is 4.79 Å². The Morgan fingerprint density at radius 3 is 2.81 bits per heavy atom. The number of aryl methyl sites for hydroxylation is 1. The Morgan fingerprint density at radius 2 is 2.19 bits per heavy atom. The molecule has 1 aliphatic rings. The van der Waals surface area contributed by atoms with Gasteiger partial charge >= 0.3 is 0 Å². The average Bonchev–Trinajstić information content (AvgIpc) is 2.77. The molecule has 1 saturated heterocycles. The van der Waals surface area contributed by atoms with E-state index in [1.807, 2.05) is 4.90 Å². The SMILES string of the molecule is CCCC1NC(c2cccc(C)c2)N(C(C)CSC)C1=O. The molecule has 2 rings (SSSR count). The van der Waals surface area contributed by atoms with Crippen molar-refractivity contribution in [1.29, 1.82) is 0 Å². The molecule has 1 aromatic rings. The van der Waals surface area contributed by atoms with Gasteiger partial charge in [0.2, 0.25) is 5.91 Å². The van der Waals surface area contributed by atoms with Crippen molar-refractivity contribution in [2.24, 2.45) is 0 Å². The summed E-state index contributed by atoms with van der Waals surface area (Å²) >= 11 is 1.79. The molecule has 21 heavy (non-hydrogen) atoms. The Balaban J connectivity index is 2.29. The van der Waals surface area contributed by atoms with Crippen LogP contribution in [-0.4, -0.2) is 34.9 Å². The monoisotopic (exact) mass is 306 g/mol. The lowest BCUT2D eigenvalue weighted by molar-refractivity contribution is -0.131. The normalized spacial score (nSPS) is 23.6. The zero-order valence-electron chi connectivity index (χ0n) is 13.4. The van der Waals surface area contributed by atoms with Gasteiger partial charge < -0.3 is 4.90 Å². The van der Waals surface area contributed by atoms with Gasteiger partial charge in [-0.2, -0.15) is 11.8 Å². The number of nitrogens with zero attached hydrogens (tertiary/aromatic N) is 1. The summed E-state index contributed by atoms with van der Waals surface area (Å²) in [6.45, 7) is 6.37. The highest BCUT2D eigenvalue weighted by molar-refractivity contribution is 7.98. The maximum absolute atomic E-state index is 12.7. The molecule has 3 atom stereocenters. The summed E-state index contributed by atoms with van der Waals surface area (Å²) in [5, 5.41) is 3.54. The molecule has 0 radical (unpaired) electrons. The van der Waals surface area contributed by atoms with Gasteiger partial charge in [0, 0.05) is 11.8 Å². The zero-order valence-corrected chi connectivity index (χ0v) is 14.2. The van der Waals surface area contributed by atoms with E-state index in [4.69, 9.17) is 0 Å². The fraction of sp³-hybridized carbons (Fsp3) is 0.588. The van der Waals surface area contributed by atoms with E-state index in [2.05, 4.69) is 56.6 Å². The first-order valence-corrected chi connectivity index (χ1v) is 9.11. The van der Waals surface area contributed by atoms with Gasteiger partial charge in [0.15, 0.2) is 0 Å². The molecular weight excluding hydrogens is 280 g/mol. The van der Waals surface area contributed by atoms with Crippen LogP contribution in [0.4, 0.5) is 0 Å². The molecule has 1 amide bonds. The zero-order chi connectivity index (χ0) is 15.4. The van der Waals surface area contributed by atoms with Crippen molar-refractivity contribution in [3.63, 3.8) is 0 Å². The lowest BCUT2D eigenvalue weighted by Gasteiger charge is -2.30. The van der Waals surface area contributed by atoms with Crippen LogP contribution in [-0.2, 0) is 4.79 Å². The highest BCUT2D eigenvalue weighted by Gasteiger charge is 2.41. The van der Waals surface area contributed by atoms with Gasteiger partial charge in [-0.3, -0.25) is 10.1 Å². The number of carbonyl (C=O) groups is 1. The number of hydrogen-bond acceptors (Lipinski definition) is 3. The van der Waals surface area contributed by atoms with Crippen LogP contribution in [0.2, 0.25) is 0 Å². The number of hydrogen-bond donors (Lipinski definition) is 1. The first-order valence-electron chi connectivity index (χ1n) is 7.72. The van der Waals surface area contributed by atoms with Crippen LogP contribution in [0.1, 0.15) is 44.0 Å². The number of amides is 1. The van der Waals surface area contributed by atoms with Crippen LogP contribution in [0.5, 0.6) is 0 Å². The van der Waals surface area contributed by atoms with E-state index in [-0.39, 0.29) is 24.2 Å². The van der Waals surface area contributed by atoms with Crippen molar-refractivity contribution in [3.05, 3.63) is 35.4 Å². The molecule has 1 N–H and O–H groups in total. The highest BCUT2D eigenvalue weighted by Crippen LogP contribution is 2.30. The second kappa shape index (κ2) is 7.32. The molecule has 0 spiro atoms. The van der Waals surface area contributed by atoms with E-state index in [9.17, 15) is 4.79 Å². The molecule has 4 heteroatoms. The minimum absolute atomic E-state index is 0.0103. The molecule has 1 heterocycles. The molecule has 116 valence electrons. The smallest absolute Gasteiger partial charge is 0.241 e. The van der Waals surface area contributed by atoms with E-state index in [1.54, 1.807) is 11.8 Å². The summed E-state index contributed by atoms with van der Waals surface area (Å²) in [4.78, 5) is 14.8. The summed E-state index contributed by atoms with van der Waals surface area (Å²) in [5.41, 5.74) is 2.42. The molecular formula is C17H26N2OS. The minimum atomic E-state index is -0.0372. The van der Waals surface area contributed by atoms with E-state index in [0.717, 1.165) is 18.6 Å². The second-order valence-electron chi connectivity index (χ2n) is 5.87. The third kappa shape index (κ3) is 3.61. The van der Waals surface area contributed by atoms with Gasteiger partial charge in [-0.15, -0.1) is 0 Å². The third-order valence-corrected chi connectivity index (χ3v) is 4.82. The number of rotatable bonds is 6. The maximum Gasteiger partial charge on any atom is 0.241 e. The summed E-state index contributed by atoms with van der Waals surface area (Å²) < 4.78 is 0. The van der Waals surface area contributed by atoms with E-state index >= 15 is 0 Å². The van der Waals surface area contributed by atoms with Crippen LogP contribution < -0.4 is 5.32 Å². The van der Waals surface area contributed by atoms with Crippen molar-refractivity contribution in [2.75, 3.05) is 12.0 Å². The first kappa shape index (κ1) is 16.4. The Kier molecular flexibility index (Phi) is 5.71. The van der Waals surface area contributed by atoms with Gasteiger partial charge in [0.25, 0.3) is 0 Å². The molecule has 3 unspecified atom stereocenters. The van der Waals surface area contributed by atoms with Crippen LogP contribution >= 0.6 is 11.8 Å². The van der Waals surface area contributed by atoms with Gasteiger partial charge in [0.05, 0.1) is 6.04 Å². The predicted molar refractivity (Wildman–Crippen MR) is 90.4 cm³/mol. The molecule has 3 nitrogen and oxygen atoms in total. The first-order chi connectivity index (χ1) is 10.1. The van der Waals surface area contributed by atoms with Crippen molar-refractivity contribution in [3.8, 4) is 0 Å². The standard InChI is InChI=1S/C17H26N2OS/c1-5-7-15-17(20)19(13(3)11-21-4)16(18-15)14-9-6-8-12(2)10-14/h6,8-10,13,15-16,18H,5,7,11H2,1-4H3. The number of nitrogens with one attached hydrogen (secondary N) is 1. The average molecular weight is 306 g/mol. The van der Waals surface area contributed by atoms with E-state index in [0.29, 0.717) is 0 Å². The highest BCUT2D eigenvalue weighted by atomic mass is 32.2. The van der Waals surface area contributed by atoms with Crippen LogP contribution in [0.15, 0.2) is 24.3 Å². The lowest BCUT2D eigenvalue weighted by Crippen LogP contribution is -2.39. The minimum Gasteiger partial charge on any atom is -0.318 e. The fourth-order valence-electron chi connectivity index (χ4n) is 3.04. The quantitative estimate of drug-likeness (QED) is 0.875. The lowest BCUT2D eigenvalue weighted by atomic mass is 10.1. The summed E-state index contributed by atoms with van der Waals surface area (Å²) in [7, 11) is 0. The Labute approximate surface area is 132 Å². The largest absolute Gasteiger partial charge is 0.318 e. The molecule has 1 aliphatic heterocycles. The number of benzene rings is 1. The fourth-order valence-corrected chi connectivity index (χ4v) is 3.68. The number of thioether (sulfide) groups is 1. The van der Waals surface area contributed by atoms with E-state index < -0.39 is 0 Å². The molecule has 0 saturated carbocycles. The third-order valence-electron chi connectivity index (χ3n) is 4.01.